The molecule has 0 bridgehead atoms. The van der Waals surface area contributed by atoms with E-state index in [0.717, 1.165) is 9.75 Å². The number of hydrogen-bond acceptors (Lipinski definition) is 3. The zero-order valence-electron chi connectivity index (χ0n) is 7.87. The minimum absolute atomic E-state index is 0.0959. The molecule has 3 nitrogen and oxygen atoms in total. The molecule has 1 saturated heterocycles. The maximum Gasteiger partial charge on any atom is 0.220 e. The summed E-state index contributed by atoms with van der Waals surface area (Å²) in [7, 11) is 0. The zero-order chi connectivity index (χ0) is 10.1. The Balaban J connectivity index is 2.17. The van der Waals surface area contributed by atoms with Gasteiger partial charge in [0.1, 0.15) is 0 Å². The maximum absolute atomic E-state index is 11.1. The summed E-state index contributed by atoms with van der Waals surface area (Å²) in [4.78, 5) is 24.0. The summed E-state index contributed by atoms with van der Waals surface area (Å²) < 4.78 is 0. The summed E-state index contributed by atoms with van der Waals surface area (Å²) in [5, 5.41) is 2.79. The van der Waals surface area contributed by atoms with Crippen molar-refractivity contribution in [3.63, 3.8) is 0 Å². The molecule has 1 unspecified atom stereocenters. The molecule has 0 saturated carbocycles. The van der Waals surface area contributed by atoms with Gasteiger partial charge in [0.25, 0.3) is 0 Å². The van der Waals surface area contributed by atoms with E-state index in [2.05, 4.69) is 5.32 Å². The van der Waals surface area contributed by atoms with E-state index in [1.165, 1.54) is 11.3 Å². The quantitative estimate of drug-likeness (QED) is 0.751. The molecule has 2 rings (SSSR count). The first-order chi connectivity index (χ1) is 6.66. The lowest BCUT2D eigenvalue weighted by Gasteiger charge is -2.01. The molecule has 0 aromatic carbocycles. The number of ketones is 1. The molecular weight excluding hydrogens is 198 g/mol. The van der Waals surface area contributed by atoms with Crippen LogP contribution >= 0.6 is 11.3 Å². The second kappa shape index (κ2) is 3.53. The van der Waals surface area contributed by atoms with E-state index in [0.29, 0.717) is 13.0 Å². The minimum Gasteiger partial charge on any atom is -0.355 e. The van der Waals surface area contributed by atoms with Crippen molar-refractivity contribution >= 4 is 23.0 Å². The Labute approximate surface area is 86.1 Å². The summed E-state index contributed by atoms with van der Waals surface area (Å²) in [6.07, 6.45) is 0.553. The van der Waals surface area contributed by atoms with E-state index in [1.807, 2.05) is 12.1 Å². The van der Waals surface area contributed by atoms with Crippen molar-refractivity contribution in [3.05, 3.63) is 21.9 Å². The van der Waals surface area contributed by atoms with Gasteiger partial charge in [0.15, 0.2) is 5.78 Å². The molecule has 14 heavy (non-hydrogen) atoms. The number of carbonyl (C=O) groups is 2. The zero-order valence-corrected chi connectivity index (χ0v) is 8.69. The van der Waals surface area contributed by atoms with Crippen LogP contribution in [0.1, 0.15) is 33.8 Å². The van der Waals surface area contributed by atoms with Crippen LogP contribution in [0, 0.1) is 0 Å². The molecule has 1 aliphatic rings. The molecule has 1 aliphatic heterocycles. The van der Waals surface area contributed by atoms with Gasteiger partial charge in [-0.15, -0.1) is 11.3 Å². The van der Waals surface area contributed by atoms with Gasteiger partial charge in [-0.05, 0) is 19.1 Å². The highest BCUT2D eigenvalue weighted by atomic mass is 32.1. The van der Waals surface area contributed by atoms with Crippen LogP contribution < -0.4 is 5.32 Å². The van der Waals surface area contributed by atoms with E-state index < -0.39 is 0 Å². The van der Waals surface area contributed by atoms with Crippen molar-refractivity contribution in [2.24, 2.45) is 0 Å². The first-order valence-corrected chi connectivity index (χ1v) is 5.36. The van der Waals surface area contributed by atoms with Crippen molar-refractivity contribution in [2.75, 3.05) is 6.54 Å². The standard InChI is InChI=1S/C10H11NO2S/c1-6(12)8-2-3-9(14-8)7-4-10(13)11-5-7/h2-3,7H,4-5H2,1H3,(H,11,13). The lowest BCUT2D eigenvalue weighted by molar-refractivity contribution is -0.119. The highest BCUT2D eigenvalue weighted by Crippen LogP contribution is 2.29. The van der Waals surface area contributed by atoms with Crippen LogP contribution in [0.15, 0.2) is 12.1 Å². The molecule has 1 amide bonds. The third kappa shape index (κ3) is 1.70. The van der Waals surface area contributed by atoms with Gasteiger partial charge in [0, 0.05) is 23.8 Å². The van der Waals surface area contributed by atoms with Crippen molar-refractivity contribution < 1.29 is 9.59 Å². The highest BCUT2D eigenvalue weighted by molar-refractivity contribution is 7.14. The van der Waals surface area contributed by atoms with Crippen LogP contribution in [-0.4, -0.2) is 18.2 Å². The highest BCUT2D eigenvalue weighted by Gasteiger charge is 2.24. The minimum atomic E-state index is 0.0959. The van der Waals surface area contributed by atoms with Crippen LogP contribution in [0.25, 0.3) is 0 Å². The second-order valence-corrected chi connectivity index (χ2v) is 4.58. The Hall–Kier alpha value is -1.16. The fourth-order valence-electron chi connectivity index (χ4n) is 1.57. The lowest BCUT2D eigenvalue weighted by atomic mass is 10.1. The molecule has 1 atom stereocenters. The summed E-state index contributed by atoms with van der Waals surface area (Å²) in [5.41, 5.74) is 0. The summed E-state index contributed by atoms with van der Waals surface area (Å²) in [5.74, 6) is 0.465. The third-order valence-corrected chi connectivity index (χ3v) is 3.70. The van der Waals surface area contributed by atoms with Crippen LogP contribution in [0.2, 0.25) is 0 Å². The van der Waals surface area contributed by atoms with Crippen LogP contribution in [0.5, 0.6) is 0 Å². The van der Waals surface area contributed by atoms with Gasteiger partial charge in [-0.1, -0.05) is 0 Å². The number of hydrogen-bond donors (Lipinski definition) is 1. The summed E-state index contributed by atoms with van der Waals surface area (Å²) in [6, 6.07) is 3.79. The molecule has 74 valence electrons. The van der Waals surface area contributed by atoms with E-state index in [1.54, 1.807) is 6.92 Å². The van der Waals surface area contributed by atoms with Gasteiger partial charge in [0.05, 0.1) is 4.88 Å². The molecule has 1 aromatic rings. The average Bonchev–Trinajstić information content (AvgIpc) is 2.70. The number of nitrogens with one attached hydrogen (secondary N) is 1. The average molecular weight is 209 g/mol. The van der Waals surface area contributed by atoms with Gasteiger partial charge >= 0.3 is 0 Å². The molecule has 1 N–H and O–H groups in total. The largest absolute Gasteiger partial charge is 0.355 e. The number of rotatable bonds is 2. The lowest BCUT2D eigenvalue weighted by Crippen LogP contribution is -2.13. The van der Waals surface area contributed by atoms with Crippen molar-refractivity contribution in [3.8, 4) is 0 Å². The molecule has 2 heterocycles. The first-order valence-electron chi connectivity index (χ1n) is 4.54. The van der Waals surface area contributed by atoms with E-state index >= 15 is 0 Å². The first kappa shape index (κ1) is 9.40. The fourth-order valence-corrected chi connectivity index (χ4v) is 2.57. The van der Waals surface area contributed by atoms with Gasteiger partial charge in [0.2, 0.25) is 5.91 Å². The Morgan fingerprint density at radius 2 is 2.36 bits per heavy atom. The van der Waals surface area contributed by atoms with E-state index in [4.69, 9.17) is 0 Å². The fraction of sp³-hybridized carbons (Fsp3) is 0.400. The van der Waals surface area contributed by atoms with Crippen molar-refractivity contribution in [1.29, 1.82) is 0 Å². The topological polar surface area (TPSA) is 46.2 Å². The second-order valence-electron chi connectivity index (χ2n) is 3.46. The SMILES string of the molecule is CC(=O)c1ccc(C2CNC(=O)C2)s1. The van der Waals surface area contributed by atoms with Crippen LogP contribution in [0.3, 0.4) is 0 Å². The van der Waals surface area contributed by atoms with Crippen molar-refractivity contribution in [2.45, 2.75) is 19.3 Å². The molecule has 1 aromatic heterocycles. The van der Waals surface area contributed by atoms with Crippen LogP contribution in [0.4, 0.5) is 0 Å². The van der Waals surface area contributed by atoms with Crippen molar-refractivity contribution in [1.82, 2.24) is 5.32 Å². The third-order valence-electron chi connectivity index (χ3n) is 2.35. The van der Waals surface area contributed by atoms with Gasteiger partial charge in [-0.25, -0.2) is 0 Å². The number of thiophene rings is 1. The molecule has 1 fully saturated rings. The molecule has 0 aliphatic carbocycles. The van der Waals surface area contributed by atoms with Crippen LogP contribution in [-0.2, 0) is 4.79 Å². The predicted molar refractivity (Wildman–Crippen MR) is 54.7 cm³/mol. The predicted octanol–water partition coefficient (Wildman–Crippen LogP) is 1.55. The normalized spacial score (nSPS) is 20.9. The Morgan fingerprint density at radius 1 is 1.57 bits per heavy atom. The van der Waals surface area contributed by atoms with Gasteiger partial charge < -0.3 is 5.32 Å². The monoisotopic (exact) mass is 209 g/mol. The molecule has 0 radical (unpaired) electrons. The number of carbonyl (C=O) groups excluding carboxylic acids is 2. The smallest absolute Gasteiger partial charge is 0.220 e. The van der Waals surface area contributed by atoms with Gasteiger partial charge in [-0.3, -0.25) is 9.59 Å². The molecule has 0 spiro atoms. The Morgan fingerprint density at radius 3 is 2.86 bits per heavy atom. The Bertz CT molecular complexity index is 383. The van der Waals surface area contributed by atoms with Gasteiger partial charge in [-0.2, -0.15) is 0 Å². The van der Waals surface area contributed by atoms with E-state index in [-0.39, 0.29) is 17.6 Å². The Kier molecular flexibility index (Phi) is 2.37. The summed E-state index contributed by atoms with van der Waals surface area (Å²) in [6.45, 7) is 2.27. The number of Topliss-reactive ketones (excluding diaryl/α,β-unsaturated/α-hetero) is 1. The maximum atomic E-state index is 11.1. The molecular formula is C10H11NO2S. The summed E-state index contributed by atoms with van der Waals surface area (Å²) >= 11 is 1.50. The van der Waals surface area contributed by atoms with E-state index in [9.17, 15) is 9.59 Å². The molecule has 4 heteroatoms. The number of amides is 1.